The van der Waals surface area contributed by atoms with Crippen LogP contribution in [0.2, 0.25) is 0 Å². The number of hydrogen-bond donors (Lipinski definition) is 0. The van der Waals surface area contributed by atoms with E-state index >= 15 is 0 Å². The van der Waals surface area contributed by atoms with Crippen LogP contribution in [0.3, 0.4) is 0 Å². The number of anilines is 1. The highest BCUT2D eigenvalue weighted by Gasteiger charge is 2.27. The van der Waals surface area contributed by atoms with E-state index in [2.05, 4.69) is 5.10 Å². The van der Waals surface area contributed by atoms with Crippen molar-refractivity contribution in [1.82, 2.24) is 23.8 Å². The lowest BCUT2D eigenvalue weighted by molar-refractivity contribution is 0.0735. The van der Waals surface area contributed by atoms with Crippen molar-refractivity contribution in [1.29, 1.82) is 0 Å². The van der Waals surface area contributed by atoms with Crippen molar-refractivity contribution >= 4 is 11.7 Å². The molecule has 1 aliphatic rings. The third kappa shape index (κ3) is 3.48. The maximum Gasteiger partial charge on any atom is 0.333 e. The van der Waals surface area contributed by atoms with Crippen molar-refractivity contribution in [2.75, 3.05) is 31.1 Å². The van der Waals surface area contributed by atoms with E-state index in [0.717, 1.165) is 0 Å². The SMILES string of the molecule is CC(C)n1c(N2CCN(C(=O)c3ccnn3C)CC2)cc(=O)n(C(C)C)c1=O. The summed E-state index contributed by atoms with van der Waals surface area (Å²) in [5.41, 5.74) is -0.0340. The minimum Gasteiger partial charge on any atom is -0.354 e. The molecule has 9 nitrogen and oxygen atoms in total. The Bertz CT molecular complexity index is 976. The number of aryl methyl sites for hydroxylation is 1. The fourth-order valence-corrected chi connectivity index (χ4v) is 3.65. The number of nitrogens with zero attached hydrogens (tertiary/aromatic N) is 6. The highest BCUT2D eigenvalue weighted by molar-refractivity contribution is 5.92. The van der Waals surface area contributed by atoms with Gasteiger partial charge < -0.3 is 9.80 Å². The Hall–Kier alpha value is -2.84. The van der Waals surface area contributed by atoms with Gasteiger partial charge in [0.25, 0.3) is 11.5 Å². The summed E-state index contributed by atoms with van der Waals surface area (Å²) < 4.78 is 4.52. The molecule has 2 aromatic rings. The number of carbonyl (C=O) groups excluding carboxylic acids is 1. The van der Waals surface area contributed by atoms with Crippen LogP contribution in [-0.4, -0.2) is 55.9 Å². The maximum absolute atomic E-state index is 12.9. The Kier molecular flexibility index (Phi) is 5.44. The Balaban J connectivity index is 1.86. The van der Waals surface area contributed by atoms with Crippen LogP contribution < -0.4 is 16.1 Å². The van der Waals surface area contributed by atoms with Gasteiger partial charge in [-0.3, -0.25) is 23.4 Å². The third-order valence-electron chi connectivity index (χ3n) is 5.11. The predicted molar refractivity (Wildman–Crippen MR) is 107 cm³/mol. The van der Waals surface area contributed by atoms with Gasteiger partial charge >= 0.3 is 5.69 Å². The van der Waals surface area contributed by atoms with E-state index in [1.54, 1.807) is 39.5 Å². The summed E-state index contributed by atoms with van der Waals surface area (Å²) in [6, 6.07) is 2.96. The standard InChI is InChI=1S/C19H28N6O3/c1-13(2)24-16(12-17(26)25(14(3)4)19(24)28)22-8-10-23(11-9-22)18(27)15-6-7-20-21(15)5/h6-7,12-14H,8-11H2,1-5H3. The van der Waals surface area contributed by atoms with Crippen molar-refractivity contribution in [3.05, 3.63) is 44.9 Å². The van der Waals surface area contributed by atoms with Gasteiger partial charge in [0.2, 0.25) is 0 Å². The molecule has 0 saturated carbocycles. The minimum atomic E-state index is -0.291. The quantitative estimate of drug-likeness (QED) is 0.776. The molecule has 0 spiro atoms. The van der Waals surface area contributed by atoms with Gasteiger partial charge in [-0.25, -0.2) is 4.79 Å². The van der Waals surface area contributed by atoms with E-state index in [0.29, 0.717) is 37.7 Å². The second-order valence-electron chi connectivity index (χ2n) is 7.67. The van der Waals surface area contributed by atoms with Crippen molar-refractivity contribution in [3.63, 3.8) is 0 Å². The summed E-state index contributed by atoms with van der Waals surface area (Å²) in [6.45, 7) is 9.67. The van der Waals surface area contributed by atoms with Crippen LogP contribution >= 0.6 is 0 Å². The predicted octanol–water partition coefficient (Wildman–Crippen LogP) is 0.868. The summed E-state index contributed by atoms with van der Waals surface area (Å²) in [5.74, 6) is 0.561. The topological polar surface area (TPSA) is 85.4 Å². The molecule has 0 aliphatic carbocycles. The molecule has 28 heavy (non-hydrogen) atoms. The molecular weight excluding hydrogens is 360 g/mol. The molecule has 1 aliphatic heterocycles. The molecule has 152 valence electrons. The lowest BCUT2D eigenvalue weighted by Gasteiger charge is -2.37. The van der Waals surface area contributed by atoms with E-state index in [9.17, 15) is 14.4 Å². The summed E-state index contributed by atoms with van der Waals surface area (Å²) in [5, 5.41) is 4.05. The van der Waals surface area contributed by atoms with Crippen molar-refractivity contribution in [2.45, 2.75) is 39.8 Å². The summed E-state index contributed by atoms with van der Waals surface area (Å²) in [7, 11) is 1.74. The number of hydrogen-bond acceptors (Lipinski definition) is 5. The fraction of sp³-hybridized carbons (Fsp3) is 0.579. The second-order valence-corrected chi connectivity index (χ2v) is 7.67. The van der Waals surface area contributed by atoms with Gasteiger partial charge in [0.1, 0.15) is 11.5 Å². The van der Waals surface area contributed by atoms with Crippen molar-refractivity contribution in [2.24, 2.45) is 7.05 Å². The minimum absolute atomic E-state index is 0.0591. The van der Waals surface area contributed by atoms with Gasteiger partial charge in [-0.05, 0) is 33.8 Å². The second kappa shape index (κ2) is 7.65. The van der Waals surface area contributed by atoms with Crippen LogP contribution in [0.1, 0.15) is 50.3 Å². The van der Waals surface area contributed by atoms with E-state index in [4.69, 9.17) is 0 Å². The molecule has 1 fully saturated rings. The average molecular weight is 388 g/mol. The van der Waals surface area contributed by atoms with Crippen LogP contribution in [-0.2, 0) is 7.05 Å². The first kappa shape index (κ1) is 19.9. The molecule has 0 N–H and O–H groups in total. The van der Waals surface area contributed by atoms with Crippen molar-refractivity contribution < 1.29 is 4.79 Å². The van der Waals surface area contributed by atoms with Gasteiger partial charge in [-0.15, -0.1) is 0 Å². The lowest BCUT2D eigenvalue weighted by Crippen LogP contribution is -2.52. The zero-order chi connectivity index (χ0) is 20.6. The molecule has 1 amide bonds. The number of amides is 1. The largest absolute Gasteiger partial charge is 0.354 e. The number of carbonyl (C=O) groups is 1. The van der Waals surface area contributed by atoms with Gasteiger partial charge in [0, 0.05) is 57.6 Å². The molecule has 0 aromatic carbocycles. The Morgan fingerprint density at radius 3 is 2.11 bits per heavy atom. The summed E-state index contributed by atoms with van der Waals surface area (Å²) in [6.07, 6.45) is 1.61. The first-order valence-corrected chi connectivity index (χ1v) is 9.62. The molecule has 3 rings (SSSR count). The summed E-state index contributed by atoms with van der Waals surface area (Å²) >= 11 is 0. The third-order valence-corrected chi connectivity index (χ3v) is 5.11. The normalized spacial score (nSPS) is 15.0. The first-order chi connectivity index (χ1) is 13.2. The van der Waals surface area contributed by atoms with E-state index in [1.807, 2.05) is 32.6 Å². The number of rotatable bonds is 4. The zero-order valence-corrected chi connectivity index (χ0v) is 17.1. The van der Waals surface area contributed by atoms with Gasteiger partial charge in [0.05, 0.1) is 0 Å². The molecule has 0 bridgehead atoms. The highest BCUT2D eigenvalue weighted by Crippen LogP contribution is 2.19. The Morgan fingerprint density at radius 2 is 1.61 bits per heavy atom. The molecule has 3 heterocycles. The molecule has 9 heteroatoms. The molecule has 2 aromatic heterocycles. The van der Waals surface area contributed by atoms with E-state index < -0.39 is 0 Å². The molecule has 0 unspecified atom stereocenters. The maximum atomic E-state index is 12.9. The fourth-order valence-electron chi connectivity index (χ4n) is 3.65. The van der Waals surface area contributed by atoms with Gasteiger partial charge in [-0.2, -0.15) is 5.10 Å². The van der Waals surface area contributed by atoms with Crippen LogP contribution in [0.15, 0.2) is 27.9 Å². The smallest absolute Gasteiger partial charge is 0.333 e. The number of piperazine rings is 1. The summed E-state index contributed by atoms with van der Waals surface area (Å²) in [4.78, 5) is 41.9. The van der Waals surface area contributed by atoms with E-state index in [1.165, 1.54) is 4.57 Å². The highest BCUT2D eigenvalue weighted by atomic mass is 16.2. The van der Waals surface area contributed by atoms with E-state index in [-0.39, 0.29) is 29.2 Å². The average Bonchev–Trinajstić information content (AvgIpc) is 3.06. The van der Waals surface area contributed by atoms with Crippen LogP contribution in [0.4, 0.5) is 5.82 Å². The number of aromatic nitrogens is 4. The molecular formula is C19H28N6O3. The zero-order valence-electron chi connectivity index (χ0n) is 17.1. The van der Waals surface area contributed by atoms with Crippen LogP contribution in [0, 0.1) is 0 Å². The molecule has 0 radical (unpaired) electrons. The first-order valence-electron chi connectivity index (χ1n) is 9.62. The van der Waals surface area contributed by atoms with Gasteiger partial charge in [-0.1, -0.05) is 0 Å². The van der Waals surface area contributed by atoms with Gasteiger partial charge in [0.15, 0.2) is 0 Å². The Labute approximate surface area is 163 Å². The Morgan fingerprint density at radius 1 is 1.00 bits per heavy atom. The van der Waals surface area contributed by atoms with Crippen molar-refractivity contribution in [3.8, 4) is 0 Å². The molecule has 0 atom stereocenters. The molecule has 1 saturated heterocycles. The van der Waals surface area contributed by atoms with Crippen LogP contribution in [0.25, 0.3) is 0 Å². The van der Waals surface area contributed by atoms with Crippen LogP contribution in [0.5, 0.6) is 0 Å². The lowest BCUT2D eigenvalue weighted by atomic mass is 10.2. The monoisotopic (exact) mass is 388 g/mol.